The zero-order chi connectivity index (χ0) is 27.2. The molecule has 3 aromatic carbocycles. The Balaban J connectivity index is 1.28. The number of hydrogen-bond acceptors (Lipinski definition) is 6. The van der Waals surface area contributed by atoms with Crippen molar-refractivity contribution in [1.82, 2.24) is 24.4 Å². The molecular formula is C32H32N6O2. The Labute approximate surface area is 233 Å². The first-order valence-electron chi connectivity index (χ1n) is 14.0. The van der Waals surface area contributed by atoms with Crippen LogP contribution in [-0.2, 0) is 4.79 Å². The van der Waals surface area contributed by atoms with Crippen molar-refractivity contribution in [3.63, 3.8) is 0 Å². The number of aryl methyl sites for hydroxylation is 1. The van der Waals surface area contributed by atoms with Crippen LogP contribution in [0.2, 0.25) is 0 Å². The smallest absolute Gasteiger partial charge is 0.225 e. The van der Waals surface area contributed by atoms with Crippen LogP contribution in [0.15, 0.2) is 66.9 Å². The molecule has 40 heavy (non-hydrogen) atoms. The Morgan fingerprint density at radius 2 is 1.85 bits per heavy atom. The summed E-state index contributed by atoms with van der Waals surface area (Å²) < 4.78 is 7.71. The number of nitrogens with one attached hydrogen (secondary N) is 1. The van der Waals surface area contributed by atoms with Crippen LogP contribution in [-0.4, -0.2) is 56.6 Å². The maximum atomic E-state index is 12.7. The molecule has 1 saturated carbocycles. The van der Waals surface area contributed by atoms with Gasteiger partial charge in [-0.2, -0.15) is 4.98 Å². The van der Waals surface area contributed by atoms with E-state index in [1.165, 1.54) is 5.39 Å². The van der Waals surface area contributed by atoms with Crippen molar-refractivity contribution >= 4 is 33.7 Å². The molecule has 0 bridgehead atoms. The van der Waals surface area contributed by atoms with Crippen LogP contribution in [0.4, 0.5) is 5.95 Å². The number of rotatable bonds is 6. The summed E-state index contributed by atoms with van der Waals surface area (Å²) in [5, 5.41) is 5.85. The van der Waals surface area contributed by atoms with Crippen molar-refractivity contribution in [2.75, 3.05) is 25.5 Å². The number of benzene rings is 3. The third-order valence-corrected chi connectivity index (χ3v) is 8.04. The van der Waals surface area contributed by atoms with Gasteiger partial charge < -0.3 is 15.0 Å². The number of aromatic nitrogens is 4. The van der Waals surface area contributed by atoms with Crippen molar-refractivity contribution in [3.8, 4) is 23.0 Å². The number of piperidine rings is 1. The maximum absolute atomic E-state index is 12.7. The van der Waals surface area contributed by atoms with Gasteiger partial charge in [-0.3, -0.25) is 9.36 Å². The molecule has 2 aliphatic rings. The number of ether oxygens (including phenoxy) is 1. The number of imidazole rings is 1. The van der Waals surface area contributed by atoms with Crippen LogP contribution in [0.5, 0.6) is 5.75 Å². The van der Waals surface area contributed by atoms with Crippen LogP contribution in [0, 0.1) is 12.8 Å². The van der Waals surface area contributed by atoms with Crippen LogP contribution in [0.25, 0.3) is 39.0 Å². The third-order valence-electron chi connectivity index (χ3n) is 8.04. The fourth-order valence-electron chi connectivity index (χ4n) is 5.79. The molecule has 7 rings (SSSR count). The summed E-state index contributed by atoms with van der Waals surface area (Å²) in [4.78, 5) is 29.3. The van der Waals surface area contributed by atoms with E-state index in [2.05, 4.69) is 63.4 Å². The van der Waals surface area contributed by atoms with Crippen LogP contribution in [0.3, 0.4) is 0 Å². The van der Waals surface area contributed by atoms with Crippen molar-refractivity contribution in [3.05, 3.63) is 72.4 Å². The first-order valence-corrected chi connectivity index (χ1v) is 14.0. The summed E-state index contributed by atoms with van der Waals surface area (Å²) in [5.41, 5.74) is 3.81. The molecule has 8 heteroatoms. The van der Waals surface area contributed by atoms with Gasteiger partial charge in [0.1, 0.15) is 17.4 Å². The Hall–Kier alpha value is -4.46. The summed E-state index contributed by atoms with van der Waals surface area (Å²) in [6, 6.07) is 20.9. The molecule has 1 aliphatic carbocycles. The Morgan fingerprint density at radius 3 is 2.67 bits per heavy atom. The summed E-state index contributed by atoms with van der Waals surface area (Å²) in [5.74, 6) is 3.43. The second-order valence-electron chi connectivity index (χ2n) is 10.9. The van der Waals surface area contributed by atoms with E-state index < -0.39 is 0 Å². The number of likely N-dealkylation sites (tertiary alicyclic amines) is 1. The molecule has 2 fully saturated rings. The monoisotopic (exact) mass is 532 g/mol. The normalized spacial score (nSPS) is 17.4. The zero-order valence-corrected chi connectivity index (χ0v) is 22.8. The Morgan fingerprint density at radius 1 is 1.00 bits per heavy atom. The minimum absolute atomic E-state index is 0.123. The first kappa shape index (κ1) is 24.6. The molecule has 0 radical (unpaired) electrons. The molecule has 0 spiro atoms. The first-order chi connectivity index (χ1) is 19.6. The molecule has 1 atom stereocenters. The van der Waals surface area contributed by atoms with Gasteiger partial charge in [0.25, 0.3) is 0 Å². The molecule has 1 amide bonds. The predicted molar refractivity (Wildman–Crippen MR) is 157 cm³/mol. The lowest BCUT2D eigenvalue weighted by molar-refractivity contribution is -0.133. The second-order valence-corrected chi connectivity index (χ2v) is 10.9. The van der Waals surface area contributed by atoms with E-state index in [4.69, 9.17) is 14.7 Å². The van der Waals surface area contributed by atoms with Crippen molar-refractivity contribution < 1.29 is 9.53 Å². The molecule has 5 aromatic rings. The lowest BCUT2D eigenvalue weighted by Gasteiger charge is -2.33. The summed E-state index contributed by atoms with van der Waals surface area (Å²) >= 11 is 0. The van der Waals surface area contributed by atoms with Gasteiger partial charge in [0.15, 0.2) is 0 Å². The lowest BCUT2D eigenvalue weighted by Crippen LogP contribution is -2.45. The topological polar surface area (TPSA) is 85.2 Å². The summed E-state index contributed by atoms with van der Waals surface area (Å²) in [7, 11) is 1.68. The number of methoxy groups -OCH3 is 1. The zero-order valence-electron chi connectivity index (χ0n) is 22.8. The molecule has 8 nitrogen and oxygen atoms in total. The van der Waals surface area contributed by atoms with Gasteiger partial charge in [0, 0.05) is 42.9 Å². The Bertz CT molecular complexity index is 1740. The molecule has 202 valence electrons. The van der Waals surface area contributed by atoms with Gasteiger partial charge >= 0.3 is 0 Å². The number of nitrogens with zero attached hydrogens (tertiary/aromatic N) is 5. The number of carbonyl (C=O) groups is 1. The Kier molecular flexibility index (Phi) is 6.10. The van der Waals surface area contributed by atoms with E-state index in [1.54, 1.807) is 13.3 Å². The number of fused-ring (bicyclic) bond motifs is 2. The van der Waals surface area contributed by atoms with Crippen LogP contribution in [0.1, 0.15) is 31.2 Å². The molecule has 1 N–H and O–H groups in total. The largest absolute Gasteiger partial charge is 0.496 e. The third kappa shape index (κ3) is 4.53. The van der Waals surface area contributed by atoms with Gasteiger partial charge in [0.2, 0.25) is 11.9 Å². The second kappa shape index (κ2) is 9.93. The van der Waals surface area contributed by atoms with E-state index in [-0.39, 0.29) is 12.0 Å². The van der Waals surface area contributed by atoms with Crippen LogP contribution >= 0.6 is 0 Å². The molecular weight excluding hydrogens is 500 g/mol. The highest BCUT2D eigenvalue weighted by Gasteiger charge is 2.35. The average Bonchev–Trinajstić information content (AvgIpc) is 3.77. The molecule has 2 aromatic heterocycles. The highest BCUT2D eigenvalue weighted by molar-refractivity contribution is 5.90. The number of hydrogen-bond donors (Lipinski definition) is 1. The molecule has 1 saturated heterocycles. The number of carbonyl (C=O) groups excluding carboxylic acids is 1. The van der Waals surface area contributed by atoms with E-state index in [9.17, 15) is 4.79 Å². The van der Waals surface area contributed by atoms with Gasteiger partial charge in [-0.25, -0.2) is 9.97 Å². The van der Waals surface area contributed by atoms with E-state index in [0.717, 1.165) is 77.2 Å². The summed E-state index contributed by atoms with van der Waals surface area (Å²) in [6.07, 6.45) is 5.81. The minimum atomic E-state index is 0.123. The number of anilines is 1. The van der Waals surface area contributed by atoms with Gasteiger partial charge in [-0.1, -0.05) is 36.4 Å². The summed E-state index contributed by atoms with van der Waals surface area (Å²) in [6.45, 7) is 3.57. The highest BCUT2D eigenvalue weighted by Crippen LogP contribution is 2.34. The molecule has 0 unspecified atom stereocenters. The van der Waals surface area contributed by atoms with Crippen molar-refractivity contribution in [1.29, 1.82) is 0 Å². The minimum Gasteiger partial charge on any atom is -0.496 e. The quantitative estimate of drug-likeness (QED) is 0.299. The fourth-order valence-corrected chi connectivity index (χ4v) is 5.79. The standard InChI is InChI=1S/C32H32N6O2/c1-20-16-27-26(18-28(20)40-2)35-30(24-12-9-21-6-3-4-7-23(21)17-24)38(27)29-13-14-33-32(36-29)34-25-8-5-15-37(19-25)31(39)22-10-11-22/h3-4,6-7,9,12-14,16-18,22,25H,5,8,10-11,15,19H2,1-2H3,(H,33,34,36)/t25-/m1/s1. The SMILES string of the molecule is COc1cc2nc(-c3ccc4ccccc4c3)n(-c3ccnc(N[C@@H]4CCCN(C(=O)C5CC5)C4)n3)c2cc1C. The van der Waals surface area contributed by atoms with E-state index >= 15 is 0 Å². The van der Waals surface area contributed by atoms with Crippen molar-refractivity contribution in [2.24, 2.45) is 5.92 Å². The lowest BCUT2D eigenvalue weighted by atomic mass is 10.1. The number of amides is 1. The average molecular weight is 533 g/mol. The van der Waals surface area contributed by atoms with Crippen LogP contribution < -0.4 is 10.1 Å². The van der Waals surface area contributed by atoms with E-state index in [0.29, 0.717) is 18.4 Å². The molecule has 1 aliphatic heterocycles. The highest BCUT2D eigenvalue weighted by atomic mass is 16.5. The van der Waals surface area contributed by atoms with E-state index in [1.807, 2.05) is 24.0 Å². The van der Waals surface area contributed by atoms with Gasteiger partial charge in [-0.15, -0.1) is 0 Å². The molecule has 3 heterocycles. The predicted octanol–water partition coefficient (Wildman–Crippen LogP) is 5.77. The van der Waals surface area contributed by atoms with Gasteiger partial charge in [-0.05, 0) is 67.1 Å². The maximum Gasteiger partial charge on any atom is 0.225 e. The van der Waals surface area contributed by atoms with Gasteiger partial charge in [0.05, 0.1) is 18.1 Å². The fraction of sp³-hybridized carbons (Fsp3) is 0.312. The van der Waals surface area contributed by atoms with Crippen molar-refractivity contribution in [2.45, 2.75) is 38.6 Å².